The summed E-state index contributed by atoms with van der Waals surface area (Å²) in [5.41, 5.74) is 7.19. The molecule has 8 heteroatoms. The van der Waals surface area contributed by atoms with Gasteiger partial charge in [0.1, 0.15) is 17.4 Å². The molecule has 2 aromatic rings. The first-order chi connectivity index (χ1) is 13.8. The fraction of sp³-hybridized carbons (Fsp3) is 0.476. The second kappa shape index (κ2) is 8.65. The van der Waals surface area contributed by atoms with E-state index in [4.69, 9.17) is 10.5 Å². The summed E-state index contributed by atoms with van der Waals surface area (Å²) >= 11 is 0. The minimum Gasteiger partial charge on any atom is -0.465 e. The van der Waals surface area contributed by atoms with Crippen LogP contribution in [0.2, 0.25) is 0 Å². The highest BCUT2D eigenvalue weighted by Gasteiger charge is 2.34. The summed E-state index contributed by atoms with van der Waals surface area (Å²) < 4.78 is 6.22. The van der Waals surface area contributed by atoms with Crippen LogP contribution in [0, 0.1) is 5.92 Å². The number of aromatic nitrogens is 2. The first-order valence-corrected chi connectivity index (χ1v) is 9.98. The van der Waals surface area contributed by atoms with Gasteiger partial charge >= 0.3 is 11.7 Å². The molecule has 29 heavy (non-hydrogen) atoms. The van der Waals surface area contributed by atoms with Crippen molar-refractivity contribution in [2.75, 3.05) is 25.9 Å². The Morgan fingerprint density at radius 1 is 1.21 bits per heavy atom. The Balaban J connectivity index is 2.14. The molecule has 1 aliphatic heterocycles. The first-order valence-electron chi connectivity index (χ1n) is 9.98. The van der Waals surface area contributed by atoms with Crippen LogP contribution in [0.1, 0.15) is 54.2 Å². The summed E-state index contributed by atoms with van der Waals surface area (Å²) in [6.07, 6.45) is 2.13. The zero-order valence-corrected chi connectivity index (χ0v) is 17.2. The van der Waals surface area contributed by atoms with Crippen molar-refractivity contribution in [1.82, 2.24) is 9.55 Å². The van der Waals surface area contributed by atoms with Crippen molar-refractivity contribution in [3.63, 3.8) is 0 Å². The molecular formula is C21H29N4O4+. The molecule has 1 saturated heterocycles. The predicted molar refractivity (Wildman–Crippen MR) is 110 cm³/mol. The van der Waals surface area contributed by atoms with Crippen molar-refractivity contribution >= 4 is 11.8 Å². The molecular weight excluding hydrogens is 372 g/mol. The number of esters is 1. The third kappa shape index (κ3) is 4.27. The number of nitrogens with zero attached hydrogens (tertiary/aromatic N) is 1. The molecule has 0 aliphatic carbocycles. The van der Waals surface area contributed by atoms with Gasteiger partial charge in [-0.1, -0.05) is 26.0 Å². The van der Waals surface area contributed by atoms with E-state index in [0.717, 1.165) is 31.5 Å². The lowest BCUT2D eigenvalue weighted by Gasteiger charge is -2.26. The minimum atomic E-state index is -0.485. The smallest absolute Gasteiger partial charge is 0.337 e. The van der Waals surface area contributed by atoms with Gasteiger partial charge in [0.05, 0.1) is 25.8 Å². The van der Waals surface area contributed by atoms with Gasteiger partial charge in [0.25, 0.3) is 5.56 Å². The van der Waals surface area contributed by atoms with E-state index in [9.17, 15) is 14.4 Å². The van der Waals surface area contributed by atoms with Crippen LogP contribution in [0.3, 0.4) is 0 Å². The summed E-state index contributed by atoms with van der Waals surface area (Å²) in [7, 11) is 1.34. The Morgan fingerprint density at radius 2 is 1.83 bits per heavy atom. The van der Waals surface area contributed by atoms with Gasteiger partial charge < -0.3 is 15.4 Å². The largest absolute Gasteiger partial charge is 0.465 e. The van der Waals surface area contributed by atoms with Crippen LogP contribution in [-0.2, 0) is 11.3 Å². The van der Waals surface area contributed by atoms with E-state index in [1.807, 2.05) is 26.0 Å². The monoisotopic (exact) mass is 401 g/mol. The van der Waals surface area contributed by atoms with Crippen molar-refractivity contribution in [2.45, 2.75) is 39.3 Å². The molecule has 0 bridgehead atoms. The van der Waals surface area contributed by atoms with Gasteiger partial charge in [-0.3, -0.25) is 14.3 Å². The summed E-state index contributed by atoms with van der Waals surface area (Å²) in [5, 5.41) is 0. The Labute approximate surface area is 169 Å². The van der Waals surface area contributed by atoms with E-state index in [1.165, 1.54) is 16.6 Å². The molecule has 1 atom stereocenters. The highest BCUT2D eigenvalue weighted by atomic mass is 16.5. The molecule has 3 rings (SSSR count). The van der Waals surface area contributed by atoms with Crippen LogP contribution < -0.4 is 21.9 Å². The van der Waals surface area contributed by atoms with Gasteiger partial charge in [0.2, 0.25) is 0 Å². The van der Waals surface area contributed by atoms with E-state index < -0.39 is 17.2 Å². The number of hydrogen-bond donors (Lipinski definition) is 3. The van der Waals surface area contributed by atoms with E-state index in [1.54, 1.807) is 12.1 Å². The molecule has 2 heterocycles. The molecule has 1 fully saturated rings. The van der Waals surface area contributed by atoms with Crippen LogP contribution in [0.5, 0.6) is 0 Å². The van der Waals surface area contributed by atoms with Gasteiger partial charge in [0, 0.05) is 24.9 Å². The van der Waals surface area contributed by atoms with Crippen molar-refractivity contribution in [3.05, 3.63) is 61.8 Å². The number of rotatable bonds is 6. The summed E-state index contributed by atoms with van der Waals surface area (Å²) in [5.74, 6) is 0.00373. The van der Waals surface area contributed by atoms with Crippen molar-refractivity contribution < 1.29 is 14.4 Å². The number of nitrogens with one attached hydrogen (secondary N) is 2. The second-order valence-corrected chi connectivity index (χ2v) is 7.97. The number of carbonyl (C=O) groups excluding carboxylic acids is 1. The second-order valence-electron chi connectivity index (χ2n) is 7.97. The minimum absolute atomic E-state index is 0.200. The third-order valence-electron chi connectivity index (χ3n) is 5.43. The number of likely N-dealkylation sites (tertiary alicyclic amines) is 1. The van der Waals surface area contributed by atoms with Crippen LogP contribution >= 0.6 is 0 Å². The highest BCUT2D eigenvalue weighted by Crippen LogP contribution is 2.23. The van der Waals surface area contributed by atoms with Crippen LogP contribution in [0.15, 0.2) is 33.9 Å². The molecule has 0 amide bonds. The molecule has 1 aliphatic rings. The summed E-state index contributed by atoms with van der Waals surface area (Å²) in [6.45, 7) is 6.23. The summed E-state index contributed by atoms with van der Waals surface area (Å²) in [6, 6.07) is 6.74. The molecule has 0 unspecified atom stereocenters. The maximum absolute atomic E-state index is 12.9. The molecule has 0 radical (unpaired) electrons. The van der Waals surface area contributed by atoms with Gasteiger partial charge in [-0.25, -0.2) is 9.59 Å². The SMILES string of the molecule is COC(=O)c1ccc([C@@H](c2c(N)n(CC(C)C)c(=O)[nH]c2=O)[NH+]2CCCC2)cc1. The van der Waals surface area contributed by atoms with Gasteiger partial charge in [-0.05, 0) is 18.1 Å². The molecule has 1 aromatic heterocycles. The lowest BCUT2D eigenvalue weighted by Crippen LogP contribution is -3.10. The number of nitrogen functional groups attached to an aromatic ring is 1. The number of aromatic amines is 1. The highest BCUT2D eigenvalue weighted by molar-refractivity contribution is 5.89. The maximum Gasteiger partial charge on any atom is 0.337 e. The van der Waals surface area contributed by atoms with E-state index in [-0.39, 0.29) is 17.8 Å². The Kier molecular flexibility index (Phi) is 6.22. The zero-order valence-electron chi connectivity index (χ0n) is 17.2. The van der Waals surface area contributed by atoms with Crippen LogP contribution in [0.4, 0.5) is 5.82 Å². The number of benzene rings is 1. The van der Waals surface area contributed by atoms with Crippen LogP contribution in [-0.4, -0.2) is 35.7 Å². The lowest BCUT2D eigenvalue weighted by atomic mass is 9.97. The van der Waals surface area contributed by atoms with Crippen molar-refractivity contribution in [2.24, 2.45) is 5.92 Å². The van der Waals surface area contributed by atoms with E-state index in [0.29, 0.717) is 17.7 Å². The first kappa shape index (κ1) is 20.9. The number of quaternary nitrogens is 1. The van der Waals surface area contributed by atoms with Crippen molar-refractivity contribution in [1.29, 1.82) is 0 Å². The fourth-order valence-electron chi connectivity index (χ4n) is 4.08. The molecule has 0 saturated carbocycles. The summed E-state index contributed by atoms with van der Waals surface area (Å²) in [4.78, 5) is 40.7. The number of carbonyl (C=O) groups is 1. The van der Waals surface area contributed by atoms with Gasteiger partial charge in [-0.2, -0.15) is 0 Å². The standard InChI is InChI=1S/C21H28N4O4/c1-13(2)12-25-18(22)16(19(26)23-21(25)28)17(24-10-4-5-11-24)14-6-8-15(9-7-14)20(27)29-3/h6-9,13,17H,4-5,10-12,22H2,1-3H3,(H,23,26,28)/p+1/t17-/m0/s1. The van der Waals surface area contributed by atoms with E-state index in [2.05, 4.69) is 4.98 Å². The predicted octanol–water partition coefficient (Wildman–Crippen LogP) is 0.330. The maximum atomic E-state index is 12.9. The molecule has 1 aromatic carbocycles. The normalized spacial score (nSPS) is 15.6. The zero-order chi connectivity index (χ0) is 21.1. The van der Waals surface area contributed by atoms with Gasteiger partial charge in [0.15, 0.2) is 0 Å². The van der Waals surface area contributed by atoms with Crippen molar-refractivity contribution in [3.8, 4) is 0 Å². The quantitative estimate of drug-likeness (QED) is 0.604. The fourth-order valence-corrected chi connectivity index (χ4v) is 4.08. The number of ether oxygens (including phenoxy) is 1. The third-order valence-corrected chi connectivity index (χ3v) is 5.43. The molecule has 0 spiro atoms. The molecule has 4 N–H and O–H groups in total. The molecule has 8 nitrogen and oxygen atoms in total. The number of anilines is 1. The number of hydrogen-bond acceptors (Lipinski definition) is 5. The Morgan fingerprint density at radius 3 is 2.38 bits per heavy atom. The Hall–Kier alpha value is -2.87. The average Bonchev–Trinajstić information content (AvgIpc) is 3.22. The number of nitrogens with two attached hydrogens (primary N) is 1. The number of H-pyrrole nitrogens is 1. The van der Waals surface area contributed by atoms with Crippen LogP contribution in [0.25, 0.3) is 0 Å². The Bertz CT molecular complexity index is 985. The topological polar surface area (TPSA) is 112 Å². The van der Waals surface area contributed by atoms with E-state index >= 15 is 0 Å². The van der Waals surface area contributed by atoms with Gasteiger partial charge in [-0.15, -0.1) is 0 Å². The molecule has 156 valence electrons. The number of methoxy groups -OCH3 is 1. The average molecular weight is 401 g/mol. The lowest BCUT2D eigenvalue weighted by molar-refractivity contribution is -0.913.